The molecule has 7 heteroatoms. The van der Waals surface area contributed by atoms with Gasteiger partial charge >= 0.3 is 0 Å². The second-order valence-electron chi connectivity index (χ2n) is 4.66. The zero-order valence-corrected chi connectivity index (χ0v) is 13.6. The van der Waals surface area contributed by atoms with Crippen LogP contribution in [0.4, 0.5) is 10.1 Å². The van der Waals surface area contributed by atoms with Gasteiger partial charge in [0.2, 0.25) is 5.91 Å². The molecule has 0 bridgehead atoms. The Morgan fingerprint density at radius 2 is 2.00 bits per heavy atom. The van der Waals surface area contributed by atoms with Gasteiger partial charge in [-0.15, -0.1) is 0 Å². The van der Waals surface area contributed by atoms with Crippen LogP contribution in [0, 0.1) is 5.82 Å². The van der Waals surface area contributed by atoms with Crippen molar-refractivity contribution in [1.82, 2.24) is 0 Å². The van der Waals surface area contributed by atoms with Crippen LogP contribution in [0.25, 0.3) is 0 Å². The number of anilines is 1. The molecule has 0 atom stereocenters. The van der Waals surface area contributed by atoms with Crippen molar-refractivity contribution in [1.29, 1.82) is 0 Å². The molecule has 0 aliphatic carbocycles. The van der Waals surface area contributed by atoms with Gasteiger partial charge in [-0.3, -0.25) is 9.59 Å². The van der Waals surface area contributed by atoms with E-state index >= 15 is 0 Å². The van der Waals surface area contributed by atoms with Gasteiger partial charge in [0.1, 0.15) is 11.6 Å². The number of carbonyl (C=O) groups excluding carboxylic acids is 2. The molecule has 2 aromatic rings. The number of nitrogens with one attached hydrogen (secondary N) is 1. The van der Waals surface area contributed by atoms with Crippen molar-refractivity contribution < 1.29 is 18.7 Å². The summed E-state index contributed by atoms with van der Waals surface area (Å²) < 4.78 is 19.7. The Hall–Kier alpha value is -2.41. The van der Waals surface area contributed by atoms with Crippen molar-refractivity contribution in [2.45, 2.75) is 6.42 Å². The highest BCUT2D eigenvalue weighted by Crippen LogP contribution is 2.18. The van der Waals surface area contributed by atoms with Gasteiger partial charge in [0, 0.05) is 10.2 Å². The molecule has 2 aromatic carbocycles. The van der Waals surface area contributed by atoms with Gasteiger partial charge in [-0.1, -0.05) is 22.0 Å². The van der Waals surface area contributed by atoms with Crippen LogP contribution in [-0.4, -0.2) is 18.4 Å². The lowest BCUT2D eigenvalue weighted by Gasteiger charge is -2.08. The van der Waals surface area contributed by atoms with Gasteiger partial charge in [-0.2, -0.15) is 0 Å². The summed E-state index contributed by atoms with van der Waals surface area (Å²) in [5.41, 5.74) is 5.08. The molecule has 0 spiro atoms. The number of ether oxygens (including phenoxy) is 1. The predicted octanol–water partition coefficient (Wildman–Crippen LogP) is 3.09. The van der Waals surface area contributed by atoms with Crippen molar-refractivity contribution in [2.75, 3.05) is 11.9 Å². The highest BCUT2D eigenvalue weighted by atomic mass is 79.9. The summed E-state index contributed by atoms with van der Waals surface area (Å²) in [6.45, 7) is 0.187. The molecule has 0 aliphatic heterocycles. The Kier molecular flexibility index (Phi) is 5.70. The minimum absolute atomic E-state index is 0.107. The smallest absolute Gasteiger partial charge is 0.251 e. The SMILES string of the molecule is NC(=O)c1cc(NC(=O)CCOc2cccc(Br)c2)ccc1F. The molecule has 0 saturated carbocycles. The number of halogens is 2. The Morgan fingerprint density at radius 3 is 2.70 bits per heavy atom. The first kappa shape index (κ1) is 17.0. The summed E-state index contributed by atoms with van der Waals surface area (Å²) in [5, 5.41) is 2.56. The summed E-state index contributed by atoms with van der Waals surface area (Å²) in [6, 6.07) is 10.9. The van der Waals surface area contributed by atoms with Crippen molar-refractivity contribution in [3.63, 3.8) is 0 Å². The maximum absolute atomic E-state index is 13.3. The Morgan fingerprint density at radius 1 is 1.22 bits per heavy atom. The average molecular weight is 381 g/mol. The molecule has 3 N–H and O–H groups in total. The van der Waals surface area contributed by atoms with Crippen LogP contribution in [0.2, 0.25) is 0 Å². The maximum atomic E-state index is 13.3. The van der Waals surface area contributed by atoms with Gasteiger partial charge < -0.3 is 15.8 Å². The van der Waals surface area contributed by atoms with Crippen LogP contribution in [0.1, 0.15) is 16.8 Å². The highest BCUT2D eigenvalue weighted by molar-refractivity contribution is 9.10. The summed E-state index contributed by atoms with van der Waals surface area (Å²) in [4.78, 5) is 22.9. The second-order valence-corrected chi connectivity index (χ2v) is 5.58. The zero-order valence-electron chi connectivity index (χ0n) is 12.0. The van der Waals surface area contributed by atoms with E-state index in [1.807, 2.05) is 12.1 Å². The van der Waals surface area contributed by atoms with Crippen LogP contribution < -0.4 is 15.8 Å². The lowest BCUT2D eigenvalue weighted by Crippen LogP contribution is -2.17. The summed E-state index contributed by atoms with van der Waals surface area (Å²) in [7, 11) is 0. The molecule has 0 saturated heterocycles. The molecular formula is C16H14BrFN2O3. The Labute approximate surface area is 140 Å². The molecular weight excluding hydrogens is 367 g/mol. The minimum Gasteiger partial charge on any atom is -0.493 e. The number of amides is 2. The van der Waals surface area contributed by atoms with Crippen molar-refractivity contribution in [3.05, 3.63) is 58.3 Å². The molecule has 0 fully saturated rings. The van der Waals surface area contributed by atoms with Gasteiger partial charge in [-0.25, -0.2) is 4.39 Å². The fourth-order valence-electron chi connectivity index (χ4n) is 1.83. The quantitative estimate of drug-likeness (QED) is 0.807. The van der Waals surface area contributed by atoms with Crippen LogP contribution >= 0.6 is 15.9 Å². The standard InChI is InChI=1S/C16H14BrFN2O3/c17-10-2-1-3-12(8-10)23-7-6-15(21)20-11-4-5-14(18)13(9-11)16(19)22/h1-5,8-9H,6-7H2,(H2,19,22)(H,20,21). The maximum Gasteiger partial charge on any atom is 0.251 e. The van der Waals surface area contributed by atoms with E-state index < -0.39 is 11.7 Å². The molecule has 2 rings (SSSR count). The molecule has 0 unspecified atom stereocenters. The van der Waals surface area contributed by atoms with Crippen molar-refractivity contribution in [2.24, 2.45) is 5.73 Å². The first-order valence-electron chi connectivity index (χ1n) is 6.73. The van der Waals surface area contributed by atoms with Crippen LogP contribution in [0.15, 0.2) is 46.9 Å². The molecule has 5 nitrogen and oxygen atoms in total. The molecule has 0 aromatic heterocycles. The van der Waals surface area contributed by atoms with Crippen molar-refractivity contribution >= 4 is 33.4 Å². The van der Waals surface area contributed by atoms with Crippen LogP contribution in [0.5, 0.6) is 5.75 Å². The lowest BCUT2D eigenvalue weighted by atomic mass is 10.1. The fraction of sp³-hybridized carbons (Fsp3) is 0.125. The third-order valence-electron chi connectivity index (χ3n) is 2.91. The third kappa shape index (κ3) is 5.07. The van der Waals surface area contributed by atoms with E-state index in [2.05, 4.69) is 21.2 Å². The molecule has 0 aliphatic rings. The third-order valence-corrected chi connectivity index (χ3v) is 3.40. The molecule has 120 valence electrons. The molecule has 23 heavy (non-hydrogen) atoms. The van der Waals surface area contributed by atoms with Crippen LogP contribution in [0.3, 0.4) is 0 Å². The van der Waals surface area contributed by atoms with E-state index in [0.29, 0.717) is 11.4 Å². The van der Waals surface area contributed by atoms with E-state index in [4.69, 9.17) is 10.5 Å². The topological polar surface area (TPSA) is 81.4 Å². The number of primary amides is 1. The van der Waals surface area contributed by atoms with E-state index in [-0.39, 0.29) is 24.5 Å². The normalized spacial score (nSPS) is 10.2. The summed E-state index contributed by atoms with van der Waals surface area (Å²) >= 11 is 3.32. The summed E-state index contributed by atoms with van der Waals surface area (Å²) in [6.07, 6.45) is 0.107. The van der Waals surface area contributed by atoms with Gasteiger partial charge in [-0.05, 0) is 36.4 Å². The first-order valence-corrected chi connectivity index (χ1v) is 7.52. The monoisotopic (exact) mass is 380 g/mol. The Balaban J connectivity index is 1.87. The average Bonchev–Trinajstić information content (AvgIpc) is 2.49. The number of hydrogen-bond acceptors (Lipinski definition) is 3. The van der Waals surface area contributed by atoms with Gasteiger partial charge in [0.05, 0.1) is 18.6 Å². The molecule has 2 amide bonds. The van der Waals surface area contributed by atoms with Gasteiger partial charge in [0.25, 0.3) is 5.91 Å². The van der Waals surface area contributed by atoms with E-state index in [1.54, 1.807) is 12.1 Å². The van der Waals surface area contributed by atoms with E-state index in [1.165, 1.54) is 12.1 Å². The number of benzene rings is 2. The van der Waals surface area contributed by atoms with E-state index in [0.717, 1.165) is 10.5 Å². The summed E-state index contributed by atoms with van der Waals surface area (Å²) in [5.74, 6) is -1.29. The number of nitrogens with two attached hydrogens (primary N) is 1. The van der Waals surface area contributed by atoms with Crippen LogP contribution in [-0.2, 0) is 4.79 Å². The zero-order chi connectivity index (χ0) is 16.8. The Bertz CT molecular complexity index is 737. The molecule has 0 heterocycles. The minimum atomic E-state index is -0.892. The van der Waals surface area contributed by atoms with Crippen molar-refractivity contribution in [3.8, 4) is 5.75 Å². The predicted molar refractivity (Wildman–Crippen MR) is 87.8 cm³/mol. The number of hydrogen-bond donors (Lipinski definition) is 2. The highest BCUT2D eigenvalue weighted by Gasteiger charge is 2.10. The second kappa shape index (κ2) is 7.73. The van der Waals surface area contributed by atoms with Gasteiger partial charge in [0.15, 0.2) is 0 Å². The first-order chi connectivity index (χ1) is 11.0. The number of carbonyl (C=O) groups is 2. The molecule has 0 radical (unpaired) electrons. The lowest BCUT2D eigenvalue weighted by molar-refractivity contribution is -0.116. The van der Waals surface area contributed by atoms with E-state index in [9.17, 15) is 14.0 Å². The number of rotatable bonds is 6. The largest absolute Gasteiger partial charge is 0.493 e. The fourth-order valence-corrected chi connectivity index (χ4v) is 2.21.